The van der Waals surface area contributed by atoms with E-state index in [1.165, 1.54) is 27.2 Å². The van der Waals surface area contributed by atoms with E-state index in [9.17, 15) is 13.2 Å². The van der Waals surface area contributed by atoms with Crippen molar-refractivity contribution in [1.29, 1.82) is 0 Å². The Morgan fingerprint density at radius 3 is 2.29 bits per heavy atom. The molecule has 0 atom stereocenters. The largest absolute Gasteiger partial charge is 0.496 e. The molecular formula is C14H21NO5S. The maximum atomic E-state index is 12.1. The first-order valence-corrected chi connectivity index (χ1v) is 8.23. The predicted octanol–water partition coefficient (Wildman–Crippen LogP) is 1.18. The molecule has 1 amide bonds. The number of amides is 1. The van der Waals surface area contributed by atoms with Crippen LogP contribution in [0, 0.1) is 0 Å². The molecule has 21 heavy (non-hydrogen) atoms. The molecular weight excluding hydrogens is 294 g/mol. The van der Waals surface area contributed by atoms with Gasteiger partial charge in [0.25, 0.3) is 0 Å². The molecule has 7 heteroatoms. The standard InChI is InChI=1S/C14H21NO5S/c1-5-21(17,18)14-9-12(19-3)11(8-13(14)20-4)6-7-15-10(2)16/h8-9H,5-7H2,1-4H3,(H,15,16). The van der Waals surface area contributed by atoms with Crippen LogP contribution in [0.4, 0.5) is 0 Å². The van der Waals surface area contributed by atoms with E-state index in [-0.39, 0.29) is 22.3 Å². The molecule has 0 aromatic heterocycles. The molecule has 1 aromatic carbocycles. The molecule has 6 nitrogen and oxygen atoms in total. The van der Waals surface area contributed by atoms with Crippen LogP contribution in [0.3, 0.4) is 0 Å². The van der Waals surface area contributed by atoms with Crippen molar-refractivity contribution in [3.63, 3.8) is 0 Å². The number of carbonyl (C=O) groups is 1. The lowest BCUT2D eigenvalue weighted by atomic mass is 10.1. The molecule has 0 aliphatic heterocycles. The molecule has 0 saturated carbocycles. The van der Waals surface area contributed by atoms with Gasteiger partial charge in [0, 0.05) is 19.5 Å². The van der Waals surface area contributed by atoms with Gasteiger partial charge in [-0.2, -0.15) is 0 Å². The predicted molar refractivity (Wildman–Crippen MR) is 79.7 cm³/mol. The first kappa shape index (κ1) is 17.3. The van der Waals surface area contributed by atoms with Crippen molar-refractivity contribution in [2.24, 2.45) is 0 Å². The molecule has 0 radical (unpaired) electrons. The minimum Gasteiger partial charge on any atom is -0.496 e. The Morgan fingerprint density at radius 1 is 1.19 bits per heavy atom. The van der Waals surface area contributed by atoms with Gasteiger partial charge in [0.15, 0.2) is 9.84 Å². The van der Waals surface area contributed by atoms with Gasteiger partial charge in [-0.15, -0.1) is 0 Å². The number of sulfone groups is 1. The Bertz CT molecular complexity index is 610. The van der Waals surface area contributed by atoms with Crippen LogP contribution in [-0.4, -0.2) is 40.8 Å². The van der Waals surface area contributed by atoms with Crippen LogP contribution >= 0.6 is 0 Å². The number of hydrogen-bond donors (Lipinski definition) is 1. The third kappa shape index (κ3) is 4.35. The number of benzene rings is 1. The average molecular weight is 315 g/mol. The van der Waals surface area contributed by atoms with Gasteiger partial charge in [0.1, 0.15) is 16.4 Å². The number of methoxy groups -OCH3 is 2. The van der Waals surface area contributed by atoms with Crippen molar-refractivity contribution in [2.45, 2.75) is 25.2 Å². The monoisotopic (exact) mass is 315 g/mol. The van der Waals surface area contributed by atoms with Crippen LogP contribution in [0.25, 0.3) is 0 Å². The lowest BCUT2D eigenvalue weighted by molar-refractivity contribution is -0.118. The minimum atomic E-state index is -3.40. The Balaban J connectivity index is 3.20. The van der Waals surface area contributed by atoms with Gasteiger partial charge in [0.05, 0.1) is 20.0 Å². The highest BCUT2D eigenvalue weighted by Crippen LogP contribution is 2.32. The number of rotatable bonds is 7. The summed E-state index contributed by atoms with van der Waals surface area (Å²) in [5, 5.41) is 2.69. The van der Waals surface area contributed by atoms with Crippen LogP contribution < -0.4 is 14.8 Å². The second-order valence-electron chi connectivity index (χ2n) is 4.45. The lowest BCUT2D eigenvalue weighted by Gasteiger charge is -2.15. The second-order valence-corrected chi connectivity index (χ2v) is 6.70. The highest BCUT2D eigenvalue weighted by Gasteiger charge is 2.21. The Kier molecular flexibility index (Phi) is 6.02. The van der Waals surface area contributed by atoms with E-state index in [2.05, 4.69) is 5.32 Å². The Hall–Kier alpha value is -1.76. The molecule has 0 saturated heterocycles. The number of carbonyl (C=O) groups excluding carboxylic acids is 1. The second kappa shape index (κ2) is 7.31. The van der Waals surface area contributed by atoms with Gasteiger partial charge in [0.2, 0.25) is 5.91 Å². The Labute approximate surface area is 125 Å². The van der Waals surface area contributed by atoms with Gasteiger partial charge in [-0.05, 0) is 18.1 Å². The van der Waals surface area contributed by atoms with E-state index in [0.717, 1.165) is 5.56 Å². The minimum absolute atomic E-state index is 0.0161. The fourth-order valence-electron chi connectivity index (χ4n) is 1.90. The summed E-state index contributed by atoms with van der Waals surface area (Å²) in [6, 6.07) is 3.12. The smallest absolute Gasteiger partial charge is 0.216 e. The summed E-state index contributed by atoms with van der Waals surface area (Å²) in [6.45, 7) is 3.45. The van der Waals surface area contributed by atoms with E-state index < -0.39 is 9.84 Å². The zero-order chi connectivity index (χ0) is 16.0. The van der Waals surface area contributed by atoms with E-state index in [1.807, 2.05) is 0 Å². The average Bonchev–Trinajstić information content (AvgIpc) is 2.46. The van der Waals surface area contributed by atoms with Crippen molar-refractivity contribution < 1.29 is 22.7 Å². The molecule has 1 N–H and O–H groups in total. The van der Waals surface area contributed by atoms with Crippen LogP contribution in [-0.2, 0) is 21.1 Å². The van der Waals surface area contributed by atoms with E-state index >= 15 is 0 Å². The summed E-state index contributed by atoms with van der Waals surface area (Å²) in [5.41, 5.74) is 0.776. The molecule has 0 unspecified atom stereocenters. The quantitative estimate of drug-likeness (QED) is 0.817. The summed E-state index contributed by atoms with van der Waals surface area (Å²) in [6.07, 6.45) is 0.519. The van der Waals surface area contributed by atoms with Crippen LogP contribution in [0.15, 0.2) is 17.0 Å². The summed E-state index contributed by atoms with van der Waals surface area (Å²) in [7, 11) is -0.496. The fraction of sp³-hybridized carbons (Fsp3) is 0.500. The van der Waals surface area contributed by atoms with Gasteiger partial charge < -0.3 is 14.8 Å². The highest BCUT2D eigenvalue weighted by atomic mass is 32.2. The molecule has 0 heterocycles. The number of nitrogens with one attached hydrogen (secondary N) is 1. The maximum absolute atomic E-state index is 12.1. The van der Waals surface area contributed by atoms with E-state index in [0.29, 0.717) is 18.7 Å². The van der Waals surface area contributed by atoms with Crippen molar-refractivity contribution >= 4 is 15.7 Å². The fourth-order valence-corrected chi connectivity index (χ4v) is 2.95. The zero-order valence-electron chi connectivity index (χ0n) is 12.7. The van der Waals surface area contributed by atoms with Crippen molar-refractivity contribution in [1.82, 2.24) is 5.32 Å². The topological polar surface area (TPSA) is 81.7 Å². The summed E-state index contributed by atoms with van der Waals surface area (Å²) in [4.78, 5) is 11.0. The number of ether oxygens (including phenoxy) is 2. The molecule has 1 aromatic rings. The zero-order valence-corrected chi connectivity index (χ0v) is 13.5. The Morgan fingerprint density at radius 2 is 1.81 bits per heavy atom. The normalized spacial score (nSPS) is 11.0. The van der Waals surface area contributed by atoms with Crippen LogP contribution in [0.2, 0.25) is 0 Å². The molecule has 1 rings (SSSR count). The summed E-state index contributed by atoms with van der Waals surface area (Å²) in [5.74, 6) is 0.618. The van der Waals surface area contributed by atoms with Gasteiger partial charge in [-0.1, -0.05) is 6.92 Å². The van der Waals surface area contributed by atoms with Crippen molar-refractivity contribution in [3.8, 4) is 11.5 Å². The van der Waals surface area contributed by atoms with Gasteiger partial charge >= 0.3 is 0 Å². The SMILES string of the molecule is CCS(=O)(=O)c1cc(OC)c(CCNC(C)=O)cc1OC. The third-order valence-electron chi connectivity index (χ3n) is 3.05. The molecule has 0 aliphatic carbocycles. The highest BCUT2D eigenvalue weighted by molar-refractivity contribution is 7.91. The molecule has 0 bridgehead atoms. The van der Waals surface area contributed by atoms with E-state index in [4.69, 9.17) is 9.47 Å². The van der Waals surface area contributed by atoms with Crippen molar-refractivity contribution in [3.05, 3.63) is 17.7 Å². The van der Waals surface area contributed by atoms with Gasteiger partial charge in [-0.3, -0.25) is 4.79 Å². The summed E-state index contributed by atoms with van der Waals surface area (Å²) < 4.78 is 34.6. The lowest BCUT2D eigenvalue weighted by Crippen LogP contribution is -2.22. The third-order valence-corrected chi connectivity index (χ3v) is 4.80. The maximum Gasteiger partial charge on any atom is 0.216 e. The first-order valence-electron chi connectivity index (χ1n) is 6.57. The molecule has 0 spiro atoms. The molecule has 0 fully saturated rings. The van der Waals surface area contributed by atoms with E-state index in [1.54, 1.807) is 13.0 Å². The van der Waals surface area contributed by atoms with Gasteiger partial charge in [-0.25, -0.2) is 8.42 Å². The van der Waals surface area contributed by atoms with Crippen molar-refractivity contribution in [2.75, 3.05) is 26.5 Å². The van der Waals surface area contributed by atoms with Crippen LogP contribution in [0.5, 0.6) is 11.5 Å². The van der Waals surface area contributed by atoms with Crippen LogP contribution in [0.1, 0.15) is 19.4 Å². The first-order chi connectivity index (χ1) is 9.85. The number of hydrogen-bond acceptors (Lipinski definition) is 5. The molecule has 118 valence electrons. The molecule has 0 aliphatic rings. The summed E-state index contributed by atoms with van der Waals surface area (Å²) >= 11 is 0.